The fourth-order valence-electron chi connectivity index (χ4n) is 2.55. The lowest BCUT2D eigenvalue weighted by Gasteiger charge is -2.34. The van der Waals surface area contributed by atoms with Crippen molar-refractivity contribution in [2.24, 2.45) is 5.73 Å². The molecule has 0 radical (unpaired) electrons. The first-order valence-corrected chi connectivity index (χ1v) is 7.43. The van der Waals surface area contributed by atoms with Crippen LogP contribution in [0.2, 0.25) is 0 Å². The molecule has 0 saturated carbocycles. The number of amides is 2. The molecule has 0 bridgehead atoms. The van der Waals surface area contributed by atoms with E-state index in [2.05, 4.69) is 12.2 Å². The highest BCUT2D eigenvalue weighted by Crippen LogP contribution is 2.14. The summed E-state index contributed by atoms with van der Waals surface area (Å²) in [6.45, 7) is 4.03. The van der Waals surface area contributed by atoms with Crippen LogP contribution >= 0.6 is 0 Å². The number of nitrogens with two attached hydrogens (primary N) is 1. The largest absolute Gasteiger partial charge is 0.368 e. The molecule has 0 aliphatic carbocycles. The molecule has 1 rings (SSSR count). The fourth-order valence-corrected chi connectivity index (χ4v) is 2.55. The van der Waals surface area contributed by atoms with Gasteiger partial charge in [0, 0.05) is 12.5 Å². The number of nitrogens with one attached hydrogen (secondary N) is 1. The summed E-state index contributed by atoms with van der Waals surface area (Å²) in [7, 11) is 0. The van der Waals surface area contributed by atoms with Gasteiger partial charge in [-0.05, 0) is 32.4 Å². The minimum absolute atomic E-state index is 0.0667. The van der Waals surface area contributed by atoms with Gasteiger partial charge in [-0.2, -0.15) is 0 Å². The van der Waals surface area contributed by atoms with E-state index in [1.54, 1.807) is 4.90 Å². The topological polar surface area (TPSA) is 75.4 Å². The number of carbonyl (C=O) groups excluding carboxylic acids is 2. The van der Waals surface area contributed by atoms with Gasteiger partial charge in [0.1, 0.15) is 0 Å². The van der Waals surface area contributed by atoms with Gasteiger partial charge in [-0.1, -0.05) is 26.2 Å². The molecule has 0 spiro atoms. The van der Waals surface area contributed by atoms with Crippen LogP contribution in [0.15, 0.2) is 0 Å². The summed E-state index contributed by atoms with van der Waals surface area (Å²) in [4.78, 5) is 25.1. The van der Waals surface area contributed by atoms with E-state index >= 15 is 0 Å². The zero-order valence-electron chi connectivity index (χ0n) is 12.0. The van der Waals surface area contributed by atoms with Crippen molar-refractivity contribution < 1.29 is 9.59 Å². The predicted molar refractivity (Wildman–Crippen MR) is 75.6 cm³/mol. The summed E-state index contributed by atoms with van der Waals surface area (Å²) in [6, 6.07) is 0.174. The summed E-state index contributed by atoms with van der Waals surface area (Å²) in [5.41, 5.74) is 5.27. The van der Waals surface area contributed by atoms with Crippen molar-refractivity contribution in [1.29, 1.82) is 0 Å². The van der Waals surface area contributed by atoms with Crippen LogP contribution in [-0.4, -0.2) is 42.4 Å². The molecule has 0 atom stereocenters. The third kappa shape index (κ3) is 6.05. The highest BCUT2D eigenvalue weighted by atomic mass is 16.2. The van der Waals surface area contributed by atoms with Crippen LogP contribution in [0.1, 0.15) is 51.9 Å². The van der Waals surface area contributed by atoms with Crippen molar-refractivity contribution in [3.8, 4) is 0 Å². The molecule has 2 amide bonds. The van der Waals surface area contributed by atoms with Crippen molar-refractivity contribution in [2.75, 3.05) is 19.6 Å². The Hall–Kier alpha value is -1.10. The van der Waals surface area contributed by atoms with Gasteiger partial charge < -0.3 is 16.0 Å². The molecule has 5 heteroatoms. The Morgan fingerprint density at radius 3 is 2.47 bits per heavy atom. The number of hydrogen-bond acceptors (Lipinski definition) is 3. The number of hydrogen-bond donors (Lipinski definition) is 2. The van der Waals surface area contributed by atoms with Crippen LogP contribution in [0, 0.1) is 0 Å². The lowest BCUT2D eigenvalue weighted by molar-refractivity contribution is -0.138. The van der Waals surface area contributed by atoms with Crippen LogP contribution in [-0.2, 0) is 9.59 Å². The van der Waals surface area contributed by atoms with E-state index in [1.807, 2.05) is 0 Å². The number of carbonyl (C=O) groups is 2. The minimum Gasteiger partial charge on any atom is -0.368 e. The molecule has 1 saturated heterocycles. The number of primary amides is 1. The van der Waals surface area contributed by atoms with Crippen molar-refractivity contribution >= 4 is 11.8 Å². The Balaban J connectivity index is 2.46. The summed E-state index contributed by atoms with van der Waals surface area (Å²) in [5, 5.41) is 3.27. The highest BCUT2D eigenvalue weighted by Gasteiger charge is 2.25. The van der Waals surface area contributed by atoms with E-state index in [0.717, 1.165) is 51.6 Å². The van der Waals surface area contributed by atoms with E-state index in [4.69, 9.17) is 5.73 Å². The average molecular weight is 269 g/mol. The molecule has 1 heterocycles. The molecule has 5 nitrogen and oxygen atoms in total. The van der Waals surface area contributed by atoms with Gasteiger partial charge in [-0.15, -0.1) is 0 Å². The molecule has 1 aliphatic heterocycles. The normalized spacial score (nSPS) is 16.3. The molecule has 3 N–H and O–H groups in total. The Kier molecular flexibility index (Phi) is 7.48. The molecule has 1 aliphatic rings. The van der Waals surface area contributed by atoms with E-state index in [-0.39, 0.29) is 18.5 Å². The van der Waals surface area contributed by atoms with Crippen LogP contribution in [0.25, 0.3) is 0 Å². The molecule has 1 fully saturated rings. The molecule has 0 aromatic heterocycles. The van der Waals surface area contributed by atoms with Gasteiger partial charge in [-0.3, -0.25) is 9.59 Å². The SMILES string of the molecule is CCCCCCC(=O)N(CC(N)=O)C1CCNCC1. The zero-order valence-corrected chi connectivity index (χ0v) is 12.0. The maximum atomic E-state index is 12.2. The second-order valence-corrected chi connectivity index (χ2v) is 5.28. The van der Waals surface area contributed by atoms with E-state index in [0.29, 0.717) is 6.42 Å². The molecule has 19 heavy (non-hydrogen) atoms. The number of rotatable bonds is 8. The number of unbranched alkanes of at least 4 members (excludes halogenated alkanes) is 3. The van der Waals surface area contributed by atoms with E-state index < -0.39 is 5.91 Å². The van der Waals surface area contributed by atoms with Crippen LogP contribution in [0.4, 0.5) is 0 Å². The molecular formula is C14H27N3O2. The quantitative estimate of drug-likeness (QED) is 0.646. The van der Waals surface area contributed by atoms with Gasteiger partial charge in [0.15, 0.2) is 0 Å². The van der Waals surface area contributed by atoms with Gasteiger partial charge >= 0.3 is 0 Å². The van der Waals surface area contributed by atoms with Crippen molar-refractivity contribution in [3.63, 3.8) is 0 Å². The Bertz CT molecular complexity index is 288. The highest BCUT2D eigenvalue weighted by molar-refractivity contribution is 5.84. The maximum absolute atomic E-state index is 12.2. The Morgan fingerprint density at radius 2 is 1.89 bits per heavy atom. The van der Waals surface area contributed by atoms with Crippen molar-refractivity contribution in [3.05, 3.63) is 0 Å². The van der Waals surface area contributed by atoms with E-state index in [9.17, 15) is 9.59 Å². The summed E-state index contributed by atoms with van der Waals surface area (Å²) < 4.78 is 0. The third-order valence-corrected chi connectivity index (χ3v) is 3.64. The molecule has 0 aromatic carbocycles. The second kappa shape index (κ2) is 8.91. The van der Waals surface area contributed by atoms with E-state index in [1.165, 1.54) is 0 Å². The predicted octanol–water partition coefficient (Wildman–Crippen LogP) is 1.02. The smallest absolute Gasteiger partial charge is 0.237 e. The standard InChI is InChI=1S/C14H27N3O2/c1-2-3-4-5-6-14(19)17(11-13(15)18)12-7-9-16-10-8-12/h12,16H,2-11H2,1H3,(H2,15,18). The average Bonchev–Trinajstić information content (AvgIpc) is 2.41. The lowest BCUT2D eigenvalue weighted by atomic mass is 10.0. The minimum atomic E-state index is -0.416. The van der Waals surface area contributed by atoms with Gasteiger partial charge in [-0.25, -0.2) is 0 Å². The molecular weight excluding hydrogens is 242 g/mol. The first-order valence-electron chi connectivity index (χ1n) is 7.43. The number of nitrogens with zero attached hydrogens (tertiary/aromatic N) is 1. The van der Waals surface area contributed by atoms with Crippen LogP contribution < -0.4 is 11.1 Å². The molecule has 110 valence electrons. The molecule has 0 aromatic rings. The maximum Gasteiger partial charge on any atom is 0.237 e. The Labute approximate surface area is 115 Å². The van der Waals surface area contributed by atoms with Gasteiger partial charge in [0.2, 0.25) is 11.8 Å². The fraction of sp³-hybridized carbons (Fsp3) is 0.857. The van der Waals surface area contributed by atoms with Crippen LogP contribution in [0.3, 0.4) is 0 Å². The first-order chi connectivity index (χ1) is 9.15. The summed E-state index contributed by atoms with van der Waals surface area (Å²) in [5.74, 6) is -0.331. The zero-order chi connectivity index (χ0) is 14.1. The lowest BCUT2D eigenvalue weighted by Crippen LogP contribution is -2.49. The first kappa shape index (κ1) is 16.0. The van der Waals surface area contributed by atoms with Crippen molar-refractivity contribution in [2.45, 2.75) is 57.9 Å². The van der Waals surface area contributed by atoms with Gasteiger partial charge in [0.25, 0.3) is 0 Å². The third-order valence-electron chi connectivity index (χ3n) is 3.64. The van der Waals surface area contributed by atoms with Crippen molar-refractivity contribution in [1.82, 2.24) is 10.2 Å². The summed E-state index contributed by atoms with van der Waals surface area (Å²) >= 11 is 0. The Morgan fingerprint density at radius 1 is 1.21 bits per heavy atom. The molecule has 0 unspecified atom stereocenters. The number of piperidine rings is 1. The summed E-state index contributed by atoms with van der Waals surface area (Å²) in [6.07, 6.45) is 6.68. The van der Waals surface area contributed by atoms with Gasteiger partial charge in [0.05, 0.1) is 6.54 Å². The second-order valence-electron chi connectivity index (χ2n) is 5.28. The van der Waals surface area contributed by atoms with Crippen LogP contribution in [0.5, 0.6) is 0 Å². The monoisotopic (exact) mass is 269 g/mol.